The number of thioether (sulfide) groups is 1. The fourth-order valence-electron chi connectivity index (χ4n) is 3.21. The van der Waals surface area contributed by atoms with Crippen molar-refractivity contribution in [1.82, 2.24) is 0 Å². The fourth-order valence-corrected chi connectivity index (χ4v) is 5.72. The van der Waals surface area contributed by atoms with E-state index < -0.39 is 9.84 Å². The molecule has 0 bridgehead atoms. The Balaban J connectivity index is 1.83. The van der Waals surface area contributed by atoms with E-state index in [1.807, 2.05) is 92.7 Å². The van der Waals surface area contributed by atoms with Crippen molar-refractivity contribution in [2.45, 2.75) is 23.6 Å². The van der Waals surface area contributed by atoms with Crippen molar-refractivity contribution in [1.29, 1.82) is 0 Å². The van der Waals surface area contributed by atoms with Gasteiger partial charge in [-0.05, 0) is 65.9 Å². The Kier molecular flexibility index (Phi) is 5.80. The van der Waals surface area contributed by atoms with Gasteiger partial charge in [0.2, 0.25) is 9.84 Å². The van der Waals surface area contributed by atoms with Gasteiger partial charge in [0, 0.05) is 4.90 Å². The molecule has 150 valence electrons. The van der Waals surface area contributed by atoms with E-state index >= 15 is 0 Å². The lowest BCUT2D eigenvalue weighted by molar-refractivity contribution is 0.606. The van der Waals surface area contributed by atoms with E-state index in [1.165, 1.54) is 17.3 Å². The van der Waals surface area contributed by atoms with Crippen LogP contribution in [-0.4, -0.2) is 8.42 Å². The molecule has 30 heavy (non-hydrogen) atoms. The predicted molar refractivity (Wildman–Crippen MR) is 127 cm³/mol. The molecule has 0 fully saturated rings. The summed E-state index contributed by atoms with van der Waals surface area (Å²) in [6.07, 6.45) is 0. The van der Waals surface area contributed by atoms with Gasteiger partial charge in [0.25, 0.3) is 0 Å². The quantitative estimate of drug-likeness (QED) is 0.319. The van der Waals surface area contributed by atoms with Crippen molar-refractivity contribution in [2.24, 2.45) is 0 Å². The molecule has 0 heterocycles. The van der Waals surface area contributed by atoms with Crippen LogP contribution in [0.5, 0.6) is 0 Å². The van der Waals surface area contributed by atoms with Gasteiger partial charge in [-0.3, -0.25) is 0 Å². The predicted octanol–water partition coefficient (Wildman–Crippen LogP) is 7.02. The highest BCUT2D eigenvalue weighted by Crippen LogP contribution is 2.34. The first-order chi connectivity index (χ1) is 14.4. The second kappa shape index (κ2) is 8.50. The van der Waals surface area contributed by atoms with Crippen molar-refractivity contribution in [3.05, 3.63) is 113 Å². The van der Waals surface area contributed by atoms with E-state index in [0.717, 1.165) is 21.2 Å². The molecule has 0 atom stereocenters. The van der Waals surface area contributed by atoms with Crippen LogP contribution >= 0.6 is 11.8 Å². The molecule has 0 radical (unpaired) electrons. The number of hydrogen-bond donors (Lipinski definition) is 0. The first-order valence-corrected chi connectivity index (χ1v) is 12.0. The minimum absolute atomic E-state index is 0.303. The molecule has 0 unspecified atom stereocenters. The van der Waals surface area contributed by atoms with Crippen LogP contribution in [0.25, 0.3) is 15.7 Å². The number of hydrogen-bond acceptors (Lipinski definition) is 3. The Morgan fingerprint density at radius 2 is 1.33 bits per heavy atom. The van der Waals surface area contributed by atoms with Gasteiger partial charge in [0.05, 0.1) is 9.80 Å². The molecule has 0 saturated carbocycles. The van der Waals surface area contributed by atoms with Gasteiger partial charge in [0.15, 0.2) is 0 Å². The smallest absolute Gasteiger partial charge is 0.207 e. The third-order valence-electron chi connectivity index (χ3n) is 4.98. The normalized spacial score (nSPS) is 12.3. The second-order valence-corrected chi connectivity index (χ2v) is 10.2. The summed E-state index contributed by atoms with van der Waals surface area (Å²) in [7, 11) is -3.68. The molecule has 0 N–H and O–H groups in total. The number of rotatable bonds is 5. The van der Waals surface area contributed by atoms with Gasteiger partial charge in [-0.1, -0.05) is 83.6 Å². The average Bonchev–Trinajstić information content (AvgIpc) is 2.75. The monoisotopic (exact) mass is 430 g/mol. The first kappa shape index (κ1) is 20.5. The highest BCUT2D eigenvalue weighted by atomic mass is 32.2. The maximum atomic E-state index is 13.6. The molecule has 4 aromatic rings. The summed E-state index contributed by atoms with van der Waals surface area (Å²) in [6, 6.07) is 28.9. The minimum Gasteiger partial charge on any atom is -0.218 e. The summed E-state index contributed by atoms with van der Waals surface area (Å²) in [5.74, 6) is 0. The van der Waals surface area contributed by atoms with Crippen molar-refractivity contribution in [3.8, 4) is 0 Å². The summed E-state index contributed by atoms with van der Waals surface area (Å²) in [5, 5.41) is 3.85. The Morgan fingerprint density at radius 1 is 0.733 bits per heavy atom. The average molecular weight is 431 g/mol. The number of benzene rings is 4. The zero-order valence-corrected chi connectivity index (χ0v) is 18.5. The summed E-state index contributed by atoms with van der Waals surface area (Å²) < 4.78 is 27.1. The largest absolute Gasteiger partial charge is 0.218 e. The lowest BCUT2D eigenvalue weighted by Crippen LogP contribution is -2.04. The molecule has 0 aliphatic heterocycles. The standard InChI is InChI=1S/C26H22O2S2/c1-19-7-13-24(14-8-19)29-18-26(30(27,28)25-15-9-20(2)10-16-25)23-12-11-21-5-3-4-6-22(21)17-23/h3-18H,1-2H3/b26-18+. The Bertz CT molecular complexity index is 1320. The van der Waals surface area contributed by atoms with Gasteiger partial charge >= 0.3 is 0 Å². The van der Waals surface area contributed by atoms with E-state index in [4.69, 9.17) is 0 Å². The van der Waals surface area contributed by atoms with Crippen LogP contribution in [-0.2, 0) is 9.84 Å². The number of aryl methyl sites for hydroxylation is 2. The van der Waals surface area contributed by atoms with Crippen molar-refractivity contribution < 1.29 is 8.42 Å². The zero-order valence-electron chi connectivity index (χ0n) is 16.9. The molecule has 0 aromatic heterocycles. The van der Waals surface area contributed by atoms with Crippen LogP contribution < -0.4 is 0 Å². The molecule has 0 saturated heterocycles. The third-order valence-corrected chi connectivity index (χ3v) is 7.85. The Morgan fingerprint density at radius 3 is 2.00 bits per heavy atom. The first-order valence-electron chi connectivity index (χ1n) is 9.68. The van der Waals surface area contributed by atoms with Gasteiger partial charge in [-0.25, -0.2) is 8.42 Å². The van der Waals surface area contributed by atoms with E-state index in [9.17, 15) is 8.42 Å². The van der Waals surface area contributed by atoms with Crippen molar-refractivity contribution in [2.75, 3.05) is 0 Å². The van der Waals surface area contributed by atoms with E-state index in [-0.39, 0.29) is 0 Å². The van der Waals surface area contributed by atoms with Gasteiger partial charge in [0.1, 0.15) is 0 Å². The van der Waals surface area contributed by atoms with Crippen molar-refractivity contribution >= 4 is 37.3 Å². The molecule has 2 nitrogen and oxygen atoms in total. The third kappa shape index (κ3) is 4.35. The van der Waals surface area contributed by atoms with Crippen LogP contribution in [0.15, 0.2) is 106 Å². The molecular formula is C26H22O2S2. The molecule has 0 spiro atoms. The lowest BCUT2D eigenvalue weighted by atomic mass is 10.1. The topological polar surface area (TPSA) is 34.1 Å². The fraction of sp³-hybridized carbons (Fsp3) is 0.0769. The highest BCUT2D eigenvalue weighted by molar-refractivity contribution is 8.05. The SMILES string of the molecule is Cc1ccc(S/C=C(\c2ccc3ccccc3c2)S(=O)(=O)c2ccc(C)cc2)cc1. The summed E-state index contributed by atoms with van der Waals surface area (Å²) in [6.45, 7) is 3.98. The molecule has 0 aliphatic carbocycles. The molecule has 0 amide bonds. The summed E-state index contributed by atoms with van der Waals surface area (Å²) in [4.78, 5) is 1.61. The molecule has 0 aliphatic rings. The Labute approximate surface area is 182 Å². The zero-order chi connectivity index (χ0) is 21.1. The number of fused-ring (bicyclic) bond motifs is 1. The minimum atomic E-state index is -3.68. The molecule has 4 aromatic carbocycles. The molecule has 4 heteroatoms. The molecule has 4 rings (SSSR count). The number of sulfone groups is 1. The lowest BCUT2D eigenvalue weighted by Gasteiger charge is -2.12. The highest BCUT2D eigenvalue weighted by Gasteiger charge is 2.22. The van der Waals surface area contributed by atoms with E-state index in [2.05, 4.69) is 0 Å². The summed E-state index contributed by atoms with van der Waals surface area (Å²) in [5.41, 5.74) is 2.89. The van der Waals surface area contributed by atoms with Crippen LogP contribution in [0, 0.1) is 13.8 Å². The van der Waals surface area contributed by atoms with Crippen LogP contribution in [0.3, 0.4) is 0 Å². The molecular weight excluding hydrogens is 408 g/mol. The Hall–Kier alpha value is -2.82. The van der Waals surface area contributed by atoms with Gasteiger partial charge in [-0.2, -0.15) is 0 Å². The second-order valence-electron chi connectivity index (χ2n) is 7.29. The van der Waals surface area contributed by atoms with Crippen LogP contribution in [0.2, 0.25) is 0 Å². The van der Waals surface area contributed by atoms with E-state index in [0.29, 0.717) is 15.4 Å². The van der Waals surface area contributed by atoms with Gasteiger partial charge in [-0.15, -0.1) is 0 Å². The van der Waals surface area contributed by atoms with Gasteiger partial charge < -0.3 is 0 Å². The maximum absolute atomic E-state index is 13.6. The van der Waals surface area contributed by atoms with Crippen LogP contribution in [0.4, 0.5) is 0 Å². The van der Waals surface area contributed by atoms with Crippen molar-refractivity contribution in [3.63, 3.8) is 0 Å². The summed E-state index contributed by atoms with van der Waals surface area (Å²) >= 11 is 1.42. The maximum Gasteiger partial charge on any atom is 0.207 e. The van der Waals surface area contributed by atoms with Crippen LogP contribution in [0.1, 0.15) is 16.7 Å². The van der Waals surface area contributed by atoms with E-state index in [1.54, 1.807) is 17.5 Å².